The Morgan fingerprint density at radius 2 is 2.43 bits per heavy atom. The van der Waals surface area contributed by atoms with Crippen LogP contribution in [0, 0.1) is 11.3 Å². The number of hydrogen-bond acceptors (Lipinski definition) is 4. The summed E-state index contributed by atoms with van der Waals surface area (Å²) >= 11 is 0. The minimum absolute atomic E-state index is 0.00889. The van der Waals surface area contributed by atoms with Gasteiger partial charge in [-0.05, 0) is 6.07 Å². The molecule has 0 amide bonds. The van der Waals surface area contributed by atoms with Gasteiger partial charge in [-0.1, -0.05) is 6.92 Å². The molecule has 0 saturated heterocycles. The standard InChI is InChI=1S/C7H10N4O2S/c1-2-11(6-4-8)14(12,13)7-3-5-9-10-7/h3,5H,2,6H2,1H3,(H,9,10). The molecule has 14 heavy (non-hydrogen) atoms. The molecule has 1 N–H and O–H groups in total. The summed E-state index contributed by atoms with van der Waals surface area (Å²) in [7, 11) is -3.58. The third-order valence-electron chi connectivity index (χ3n) is 1.69. The first-order valence-electron chi connectivity index (χ1n) is 3.99. The Hall–Kier alpha value is -1.39. The van der Waals surface area contributed by atoms with E-state index in [-0.39, 0.29) is 18.1 Å². The molecular weight excluding hydrogens is 204 g/mol. The Labute approximate surface area is 82.2 Å². The van der Waals surface area contributed by atoms with Gasteiger partial charge in [-0.25, -0.2) is 8.42 Å². The van der Waals surface area contributed by atoms with Gasteiger partial charge in [-0.15, -0.1) is 0 Å². The van der Waals surface area contributed by atoms with E-state index >= 15 is 0 Å². The lowest BCUT2D eigenvalue weighted by molar-refractivity contribution is 0.459. The highest BCUT2D eigenvalue weighted by Crippen LogP contribution is 2.10. The number of hydrogen-bond donors (Lipinski definition) is 1. The first-order chi connectivity index (χ1) is 6.62. The third-order valence-corrected chi connectivity index (χ3v) is 3.54. The van der Waals surface area contributed by atoms with Crippen molar-refractivity contribution >= 4 is 10.0 Å². The van der Waals surface area contributed by atoms with E-state index in [4.69, 9.17) is 5.26 Å². The van der Waals surface area contributed by atoms with Crippen molar-refractivity contribution < 1.29 is 8.42 Å². The van der Waals surface area contributed by atoms with E-state index in [1.807, 2.05) is 0 Å². The molecule has 1 heterocycles. The minimum Gasteiger partial charge on any atom is -0.266 e. The number of rotatable bonds is 4. The summed E-state index contributed by atoms with van der Waals surface area (Å²) in [5, 5.41) is 14.4. The highest BCUT2D eigenvalue weighted by atomic mass is 32.2. The molecule has 1 aromatic rings. The maximum absolute atomic E-state index is 11.7. The van der Waals surface area contributed by atoms with Gasteiger partial charge in [-0.2, -0.15) is 14.7 Å². The molecule has 0 fully saturated rings. The van der Waals surface area contributed by atoms with Crippen molar-refractivity contribution in [1.82, 2.24) is 14.5 Å². The highest BCUT2D eigenvalue weighted by Gasteiger charge is 2.23. The van der Waals surface area contributed by atoms with Crippen LogP contribution in [-0.4, -0.2) is 36.0 Å². The molecule has 0 bridgehead atoms. The topological polar surface area (TPSA) is 89.8 Å². The zero-order chi connectivity index (χ0) is 10.6. The van der Waals surface area contributed by atoms with Crippen molar-refractivity contribution in [3.63, 3.8) is 0 Å². The van der Waals surface area contributed by atoms with E-state index in [0.717, 1.165) is 4.31 Å². The van der Waals surface area contributed by atoms with Gasteiger partial charge in [0.1, 0.15) is 6.54 Å². The van der Waals surface area contributed by atoms with Crippen molar-refractivity contribution in [2.75, 3.05) is 13.1 Å². The van der Waals surface area contributed by atoms with Crippen molar-refractivity contribution in [2.45, 2.75) is 11.9 Å². The summed E-state index contributed by atoms with van der Waals surface area (Å²) < 4.78 is 24.5. The number of nitrogens with zero attached hydrogens (tertiary/aromatic N) is 3. The Morgan fingerprint density at radius 1 is 1.71 bits per heavy atom. The van der Waals surface area contributed by atoms with E-state index in [1.54, 1.807) is 13.0 Å². The maximum atomic E-state index is 11.7. The average Bonchev–Trinajstić information content (AvgIpc) is 2.66. The zero-order valence-electron chi connectivity index (χ0n) is 7.64. The normalized spacial score (nSPS) is 11.5. The second-order valence-electron chi connectivity index (χ2n) is 2.51. The number of H-pyrrole nitrogens is 1. The largest absolute Gasteiger partial charge is 0.266 e. The third kappa shape index (κ3) is 1.92. The lowest BCUT2D eigenvalue weighted by atomic mass is 10.6. The molecule has 1 rings (SSSR count). The molecule has 6 nitrogen and oxygen atoms in total. The molecule has 0 unspecified atom stereocenters. The molecule has 0 atom stereocenters. The van der Waals surface area contributed by atoms with E-state index in [9.17, 15) is 8.42 Å². The van der Waals surface area contributed by atoms with E-state index in [0.29, 0.717) is 0 Å². The predicted octanol–water partition coefficient (Wildman–Crippen LogP) is -0.0561. The molecule has 7 heteroatoms. The van der Waals surface area contributed by atoms with Gasteiger partial charge in [0.15, 0.2) is 5.03 Å². The van der Waals surface area contributed by atoms with E-state index < -0.39 is 10.0 Å². The van der Waals surface area contributed by atoms with Gasteiger partial charge >= 0.3 is 0 Å². The quantitative estimate of drug-likeness (QED) is 0.711. The fourth-order valence-electron chi connectivity index (χ4n) is 0.971. The lowest BCUT2D eigenvalue weighted by Crippen LogP contribution is -2.31. The van der Waals surface area contributed by atoms with Crippen LogP contribution < -0.4 is 0 Å². The summed E-state index contributed by atoms with van der Waals surface area (Å²) in [4.78, 5) is 0. The van der Waals surface area contributed by atoms with Crippen LogP contribution in [0.4, 0.5) is 0 Å². The fraction of sp³-hybridized carbons (Fsp3) is 0.429. The molecular formula is C7H10N4O2S. The number of aromatic amines is 1. The van der Waals surface area contributed by atoms with Crippen molar-refractivity contribution in [1.29, 1.82) is 5.26 Å². The molecule has 0 radical (unpaired) electrons. The van der Waals surface area contributed by atoms with Crippen LogP contribution in [0.25, 0.3) is 0 Å². The minimum atomic E-state index is -3.58. The Kier molecular flexibility index (Phi) is 3.22. The van der Waals surface area contributed by atoms with Gasteiger partial charge in [0.25, 0.3) is 10.0 Å². The van der Waals surface area contributed by atoms with Crippen LogP contribution in [0.3, 0.4) is 0 Å². The van der Waals surface area contributed by atoms with Crippen molar-refractivity contribution in [3.8, 4) is 6.07 Å². The summed E-state index contributed by atoms with van der Waals surface area (Å²) in [6.07, 6.45) is 1.35. The van der Waals surface area contributed by atoms with Gasteiger partial charge in [0.2, 0.25) is 0 Å². The SMILES string of the molecule is CCN(CC#N)S(=O)(=O)c1ccn[nH]1. The van der Waals surface area contributed by atoms with Crippen LogP contribution >= 0.6 is 0 Å². The monoisotopic (exact) mass is 214 g/mol. The smallest absolute Gasteiger partial charge is 0.260 e. The van der Waals surface area contributed by atoms with E-state index in [1.165, 1.54) is 12.3 Å². The van der Waals surface area contributed by atoms with Crippen LogP contribution in [0.1, 0.15) is 6.92 Å². The number of nitriles is 1. The van der Waals surface area contributed by atoms with Crippen LogP contribution in [0.2, 0.25) is 0 Å². The second kappa shape index (κ2) is 4.21. The molecule has 0 aromatic carbocycles. The predicted molar refractivity (Wildman–Crippen MR) is 48.6 cm³/mol. The summed E-state index contributed by atoms with van der Waals surface area (Å²) in [5.74, 6) is 0. The number of nitrogens with one attached hydrogen (secondary N) is 1. The Bertz CT molecular complexity index is 417. The summed E-state index contributed by atoms with van der Waals surface area (Å²) in [5.41, 5.74) is 0. The van der Waals surface area contributed by atoms with Crippen molar-refractivity contribution in [2.24, 2.45) is 0 Å². The first-order valence-corrected chi connectivity index (χ1v) is 5.43. The molecule has 1 aromatic heterocycles. The Morgan fingerprint density at radius 3 is 2.86 bits per heavy atom. The van der Waals surface area contributed by atoms with Gasteiger partial charge in [0.05, 0.1) is 12.3 Å². The van der Waals surface area contributed by atoms with Gasteiger partial charge in [0, 0.05) is 6.54 Å². The number of sulfonamides is 1. The molecule has 0 aliphatic heterocycles. The average molecular weight is 214 g/mol. The Balaban J connectivity index is 3.01. The molecule has 0 aliphatic carbocycles. The maximum Gasteiger partial charge on any atom is 0.260 e. The molecule has 0 spiro atoms. The fourth-order valence-corrected chi connectivity index (χ4v) is 2.22. The van der Waals surface area contributed by atoms with Crippen LogP contribution in [-0.2, 0) is 10.0 Å². The van der Waals surface area contributed by atoms with Crippen molar-refractivity contribution in [3.05, 3.63) is 12.3 Å². The van der Waals surface area contributed by atoms with Crippen LogP contribution in [0.5, 0.6) is 0 Å². The van der Waals surface area contributed by atoms with Gasteiger partial charge < -0.3 is 0 Å². The second-order valence-corrected chi connectivity index (χ2v) is 4.42. The summed E-state index contributed by atoms with van der Waals surface area (Å²) in [6, 6.07) is 3.16. The lowest BCUT2D eigenvalue weighted by Gasteiger charge is -2.14. The summed E-state index contributed by atoms with van der Waals surface area (Å²) in [6.45, 7) is 1.78. The molecule has 76 valence electrons. The van der Waals surface area contributed by atoms with Gasteiger partial charge in [-0.3, -0.25) is 5.10 Å². The molecule has 0 saturated carbocycles. The van der Waals surface area contributed by atoms with Crippen LogP contribution in [0.15, 0.2) is 17.3 Å². The molecule has 0 aliphatic rings. The number of aromatic nitrogens is 2. The first kappa shape index (κ1) is 10.7. The zero-order valence-corrected chi connectivity index (χ0v) is 8.45. The highest BCUT2D eigenvalue weighted by molar-refractivity contribution is 7.89. The van der Waals surface area contributed by atoms with E-state index in [2.05, 4.69) is 10.2 Å².